The van der Waals surface area contributed by atoms with Crippen LogP contribution in [-0.4, -0.2) is 22.5 Å². The summed E-state index contributed by atoms with van der Waals surface area (Å²) in [6, 6.07) is 0. The van der Waals surface area contributed by atoms with Gasteiger partial charge in [-0.15, -0.1) is 0 Å². The molecule has 5 nitrogen and oxygen atoms in total. The molecule has 1 unspecified atom stereocenters. The van der Waals surface area contributed by atoms with Gasteiger partial charge in [-0.3, -0.25) is 4.79 Å². The molecule has 1 fully saturated rings. The summed E-state index contributed by atoms with van der Waals surface area (Å²) in [5.74, 6) is -0.675. The second kappa shape index (κ2) is 5.18. The van der Waals surface area contributed by atoms with Crippen LogP contribution in [0.15, 0.2) is 5.16 Å². The number of nitrogens with zero attached hydrogens (tertiary/aromatic N) is 1. The highest BCUT2D eigenvalue weighted by atomic mass is 16.4. The van der Waals surface area contributed by atoms with Gasteiger partial charge >= 0.3 is 0 Å². The zero-order chi connectivity index (χ0) is 12.2. The summed E-state index contributed by atoms with van der Waals surface area (Å²) in [7, 11) is 0. The SMILES string of the molecule is CCC(C(=O)NC1(C)CCCC1)C(N)=NO. The third-order valence-electron chi connectivity index (χ3n) is 3.33. The Kier molecular flexibility index (Phi) is 4.15. The maximum absolute atomic E-state index is 12.0. The van der Waals surface area contributed by atoms with Crippen molar-refractivity contribution in [1.29, 1.82) is 0 Å². The van der Waals surface area contributed by atoms with Gasteiger partial charge in [0.25, 0.3) is 0 Å². The lowest BCUT2D eigenvalue weighted by Crippen LogP contribution is -2.49. The molecule has 0 aromatic heterocycles. The van der Waals surface area contributed by atoms with Gasteiger partial charge in [0.2, 0.25) is 5.91 Å². The van der Waals surface area contributed by atoms with E-state index in [1.54, 1.807) is 0 Å². The molecule has 1 rings (SSSR count). The van der Waals surface area contributed by atoms with Gasteiger partial charge in [0.05, 0.1) is 5.92 Å². The lowest BCUT2D eigenvalue weighted by Gasteiger charge is -2.27. The topological polar surface area (TPSA) is 87.7 Å². The van der Waals surface area contributed by atoms with Crippen LogP contribution in [-0.2, 0) is 4.79 Å². The van der Waals surface area contributed by atoms with E-state index in [1.165, 1.54) is 0 Å². The van der Waals surface area contributed by atoms with Crippen LogP contribution in [0.1, 0.15) is 46.0 Å². The average Bonchev–Trinajstić information content (AvgIpc) is 2.65. The van der Waals surface area contributed by atoms with Gasteiger partial charge in [-0.2, -0.15) is 0 Å². The molecule has 4 N–H and O–H groups in total. The highest BCUT2D eigenvalue weighted by Crippen LogP contribution is 2.29. The molecule has 5 heteroatoms. The molecule has 92 valence electrons. The fraction of sp³-hybridized carbons (Fsp3) is 0.818. The first-order valence-electron chi connectivity index (χ1n) is 5.82. The first kappa shape index (κ1) is 12.8. The van der Waals surface area contributed by atoms with Crippen molar-refractivity contribution in [2.24, 2.45) is 16.8 Å². The van der Waals surface area contributed by atoms with Gasteiger partial charge < -0.3 is 16.3 Å². The number of amidine groups is 1. The molecule has 0 saturated heterocycles. The number of hydrogen-bond donors (Lipinski definition) is 3. The monoisotopic (exact) mass is 227 g/mol. The molecule has 0 radical (unpaired) electrons. The van der Waals surface area contributed by atoms with E-state index >= 15 is 0 Å². The number of nitrogens with one attached hydrogen (secondary N) is 1. The quantitative estimate of drug-likeness (QED) is 0.292. The van der Waals surface area contributed by atoms with Crippen LogP contribution in [0.4, 0.5) is 0 Å². The average molecular weight is 227 g/mol. The molecule has 1 amide bonds. The summed E-state index contributed by atoms with van der Waals surface area (Å²) < 4.78 is 0. The summed E-state index contributed by atoms with van der Waals surface area (Å²) >= 11 is 0. The Morgan fingerprint density at radius 2 is 2.12 bits per heavy atom. The van der Waals surface area contributed by atoms with E-state index in [0.717, 1.165) is 25.7 Å². The van der Waals surface area contributed by atoms with Gasteiger partial charge in [-0.05, 0) is 26.2 Å². The minimum atomic E-state index is -0.526. The number of hydrogen-bond acceptors (Lipinski definition) is 3. The normalized spacial score (nSPS) is 21.8. The predicted octanol–water partition coefficient (Wildman–Crippen LogP) is 1.21. The van der Waals surface area contributed by atoms with Crippen LogP contribution in [0.3, 0.4) is 0 Å². The highest BCUT2D eigenvalue weighted by molar-refractivity contribution is 6.02. The molecular formula is C11H21N3O2. The zero-order valence-corrected chi connectivity index (χ0v) is 9.99. The maximum Gasteiger partial charge on any atom is 0.231 e. The minimum absolute atomic E-state index is 0.0124. The Morgan fingerprint density at radius 3 is 2.56 bits per heavy atom. The van der Waals surface area contributed by atoms with Gasteiger partial charge in [0, 0.05) is 5.54 Å². The molecule has 1 atom stereocenters. The lowest BCUT2D eigenvalue weighted by molar-refractivity contribution is -0.124. The van der Waals surface area contributed by atoms with E-state index in [2.05, 4.69) is 17.4 Å². The number of oxime groups is 1. The van der Waals surface area contributed by atoms with Crippen molar-refractivity contribution >= 4 is 11.7 Å². The van der Waals surface area contributed by atoms with E-state index in [4.69, 9.17) is 10.9 Å². The van der Waals surface area contributed by atoms with Crippen molar-refractivity contribution in [2.45, 2.75) is 51.5 Å². The Bertz CT molecular complexity index is 283. The molecule has 1 aliphatic rings. The van der Waals surface area contributed by atoms with Crippen LogP contribution in [0, 0.1) is 5.92 Å². The lowest BCUT2D eigenvalue weighted by atomic mass is 9.97. The predicted molar refractivity (Wildman–Crippen MR) is 62.2 cm³/mol. The molecular weight excluding hydrogens is 206 g/mol. The third kappa shape index (κ3) is 2.87. The molecule has 0 heterocycles. The largest absolute Gasteiger partial charge is 0.409 e. The van der Waals surface area contributed by atoms with E-state index < -0.39 is 5.92 Å². The fourth-order valence-electron chi connectivity index (χ4n) is 2.26. The standard InChI is InChI=1S/C11H21N3O2/c1-3-8(9(12)14-16)10(15)13-11(2)6-4-5-7-11/h8,16H,3-7H2,1-2H3,(H2,12,14)(H,13,15). The number of carbonyl (C=O) groups excluding carboxylic acids is 1. The van der Waals surface area contributed by atoms with Crippen molar-refractivity contribution in [3.05, 3.63) is 0 Å². The van der Waals surface area contributed by atoms with Crippen molar-refractivity contribution in [3.63, 3.8) is 0 Å². The molecule has 16 heavy (non-hydrogen) atoms. The van der Waals surface area contributed by atoms with E-state index in [-0.39, 0.29) is 17.3 Å². The molecule has 0 aromatic carbocycles. The highest BCUT2D eigenvalue weighted by Gasteiger charge is 2.33. The smallest absolute Gasteiger partial charge is 0.231 e. The Balaban J connectivity index is 2.62. The van der Waals surface area contributed by atoms with Gasteiger partial charge in [0.1, 0.15) is 0 Å². The number of nitrogens with two attached hydrogens (primary N) is 1. The molecule has 1 saturated carbocycles. The molecule has 0 aliphatic heterocycles. The van der Waals surface area contributed by atoms with E-state index in [1.807, 2.05) is 6.92 Å². The van der Waals surface area contributed by atoms with Crippen molar-refractivity contribution in [3.8, 4) is 0 Å². The van der Waals surface area contributed by atoms with Gasteiger partial charge in [0.15, 0.2) is 5.84 Å². The van der Waals surface area contributed by atoms with Crippen LogP contribution in [0.5, 0.6) is 0 Å². The summed E-state index contributed by atoms with van der Waals surface area (Å²) in [5, 5.41) is 14.5. The van der Waals surface area contributed by atoms with Crippen molar-refractivity contribution < 1.29 is 10.0 Å². The molecule has 0 bridgehead atoms. The summed E-state index contributed by atoms with van der Waals surface area (Å²) in [6.07, 6.45) is 4.85. The maximum atomic E-state index is 12.0. The minimum Gasteiger partial charge on any atom is -0.409 e. The van der Waals surface area contributed by atoms with Crippen LogP contribution in [0.25, 0.3) is 0 Å². The third-order valence-corrected chi connectivity index (χ3v) is 3.33. The summed E-state index contributed by atoms with van der Waals surface area (Å²) in [4.78, 5) is 12.0. The molecule has 0 spiro atoms. The van der Waals surface area contributed by atoms with Gasteiger partial charge in [-0.25, -0.2) is 0 Å². The second-order valence-corrected chi connectivity index (χ2v) is 4.74. The van der Waals surface area contributed by atoms with Crippen LogP contribution < -0.4 is 11.1 Å². The first-order chi connectivity index (χ1) is 7.52. The summed E-state index contributed by atoms with van der Waals surface area (Å²) in [5.41, 5.74) is 5.37. The van der Waals surface area contributed by atoms with Gasteiger partial charge in [-0.1, -0.05) is 24.9 Å². The van der Waals surface area contributed by atoms with E-state index in [0.29, 0.717) is 6.42 Å². The van der Waals surface area contributed by atoms with Crippen LogP contribution >= 0.6 is 0 Å². The number of amides is 1. The number of carbonyl (C=O) groups is 1. The number of rotatable bonds is 4. The zero-order valence-electron chi connectivity index (χ0n) is 9.99. The first-order valence-corrected chi connectivity index (χ1v) is 5.82. The Labute approximate surface area is 96.1 Å². The molecule has 0 aromatic rings. The van der Waals surface area contributed by atoms with Crippen molar-refractivity contribution in [2.75, 3.05) is 0 Å². The van der Waals surface area contributed by atoms with Crippen molar-refractivity contribution in [1.82, 2.24) is 5.32 Å². The Morgan fingerprint density at radius 1 is 1.56 bits per heavy atom. The molecule has 1 aliphatic carbocycles. The van der Waals surface area contributed by atoms with E-state index in [9.17, 15) is 4.79 Å². The van der Waals surface area contributed by atoms with Crippen LogP contribution in [0.2, 0.25) is 0 Å². The second-order valence-electron chi connectivity index (χ2n) is 4.74. The summed E-state index contributed by atoms with van der Waals surface area (Å²) in [6.45, 7) is 3.90. The Hall–Kier alpha value is -1.26. The fourth-order valence-corrected chi connectivity index (χ4v) is 2.26.